The smallest absolute Gasteiger partial charge is 0.175 e. The molecular weight excluding hydrogens is 387 g/mol. The lowest BCUT2D eigenvalue weighted by Gasteiger charge is -2.09. The summed E-state index contributed by atoms with van der Waals surface area (Å²) in [6.07, 6.45) is 4.17. The quantitative estimate of drug-likeness (QED) is 0.441. The van der Waals surface area contributed by atoms with E-state index in [4.69, 9.17) is 28.2 Å². The summed E-state index contributed by atoms with van der Waals surface area (Å²) in [4.78, 5) is 14.1. The number of rotatable bonds is 5. The lowest BCUT2D eigenvalue weighted by Crippen LogP contribution is -2.04. The van der Waals surface area contributed by atoms with Crippen LogP contribution in [0.3, 0.4) is 0 Å². The number of nitrogens with zero attached hydrogens (tertiary/aromatic N) is 4. The summed E-state index contributed by atoms with van der Waals surface area (Å²) in [6.45, 7) is 0.772. The largest absolute Gasteiger partial charge is 0.303 e. The zero-order valence-corrected chi connectivity index (χ0v) is 16.0. The number of aryl methyl sites for hydroxylation is 2. The van der Waals surface area contributed by atoms with Crippen molar-refractivity contribution in [2.45, 2.75) is 23.0 Å². The van der Waals surface area contributed by atoms with E-state index in [1.807, 2.05) is 30.3 Å². The molecule has 0 aliphatic carbocycles. The van der Waals surface area contributed by atoms with Gasteiger partial charge in [0.05, 0.1) is 6.20 Å². The van der Waals surface area contributed by atoms with Gasteiger partial charge in [-0.15, -0.1) is 0 Å². The Labute approximate surface area is 165 Å². The number of benzene rings is 2. The third kappa shape index (κ3) is 3.85. The summed E-state index contributed by atoms with van der Waals surface area (Å²) in [5.74, 6) is 0. The Kier molecular flexibility index (Phi) is 5.11. The number of hydrogen-bond acceptors (Lipinski definition) is 4. The third-order valence-electron chi connectivity index (χ3n) is 3.89. The van der Waals surface area contributed by atoms with E-state index in [2.05, 4.69) is 26.7 Å². The molecule has 4 nitrogen and oxygen atoms in total. The van der Waals surface area contributed by atoms with Crippen LogP contribution in [0.4, 0.5) is 0 Å². The molecule has 0 saturated carbocycles. The molecule has 0 aliphatic heterocycles. The first kappa shape index (κ1) is 17.3. The van der Waals surface area contributed by atoms with Gasteiger partial charge < -0.3 is 4.57 Å². The van der Waals surface area contributed by atoms with Crippen molar-refractivity contribution in [3.8, 4) is 0 Å². The van der Waals surface area contributed by atoms with Gasteiger partial charge in [0.25, 0.3) is 0 Å². The van der Waals surface area contributed by atoms with Gasteiger partial charge in [0.1, 0.15) is 11.8 Å². The van der Waals surface area contributed by atoms with Crippen LogP contribution in [0, 0.1) is 0 Å². The van der Waals surface area contributed by atoms with E-state index in [1.165, 1.54) is 17.3 Å². The van der Waals surface area contributed by atoms with Crippen molar-refractivity contribution in [1.29, 1.82) is 0 Å². The number of hydrogen-bond donors (Lipinski definition) is 0. The highest BCUT2D eigenvalue weighted by molar-refractivity contribution is 7.99. The topological polar surface area (TPSA) is 43.6 Å². The molecule has 0 bridgehead atoms. The minimum absolute atomic E-state index is 0.603. The molecule has 0 fully saturated rings. The molecule has 130 valence electrons. The SMILES string of the molecule is Clc1cc(Cl)cc(Sc2nc3cncnc3n2CCc2ccccc2)c1. The minimum Gasteiger partial charge on any atom is -0.303 e. The van der Waals surface area contributed by atoms with Gasteiger partial charge in [0.15, 0.2) is 10.8 Å². The van der Waals surface area contributed by atoms with Gasteiger partial charge in [-0.1, -0.05) is 65.3 Å². The molecular formula is C19H14Cl2N4S. The first-order valence-corrected chi connectivity index (χ1v) is 9.60. The van der Waals surface area contributed by atoms with E-state index >= 15 is 0 Å². The predicted octanol–water partition coefficient (Wildman–Crippen LogP) is 5.53. The normalized spacial score (nSPS) is 11.2. The van der Waals surface area contributed by atoms with E-state index in [0.717, 1.165) is 34.2 Å². The highest BCUT2D eigenvalue weighted by Crippen LogP contribution is 2.33. The van der Waals surface area contributed by atoms with E-state index in [-0.39, 0.29) is 0 Å². The molecule has 0 amide bonds. The molecule has 0 saturated heterocycles. The van der Waals surface area contributed by atoms with Crippen LogP contribution in [0.5, 0.6) is 0 Å². The molecule has 26 heavy (non-hydrogen) atoms. The molecule has 0 N–H and O–H groups in total. The van der Waals surface area contributed by atoms with Crippen molar-refractivity contribution in [3.05, 3.63) is 76.7 Å². The molecule has 2 aromatic carbocycles. The van der Waals surface area contributed by atoms with Gasteiger partial charge in [0, 0.05) is 21.5 Å². The lowest BCUT2D eigenvalue weighted by atomic mass is 10.1. The summed E-state index contributed by atoms with van der Waals surface area (Å²) >= 11 is 13.8. The molecule has 2 heterocycles. The Morgan fingerprint density at radius 2 is 1.77 bits per heavy atom. The summed E-state index contributed by atoms with van der Waals surface area (Å²) < 4.78 is 2.11. The fraction of sp³-hybridized carbons (Fsp3) is 0.105. The van der Waals surface area contributed by atoms with Gasteiger partial charge in [0.2, 0.25) is 0 Å². The second-order valence-electron chi connectivity index (χ2n) is 5.72. The molecule has 0 radical (unpaired) electrons. The first-order chi connectivity index (χ1) is 12.7. The van der Waals surface area contributed by atoms with Crippen molar-refractivity contribution in [2.75, 3.05) is 0 Å². The summed E-state index contributed by atoms with van der Waals surface area (Å²) in [7, 11) is 0. The zero-order valence-electron chi connectivity index (χ0n) is 13.6. The maximum absolute atomic E-state index is 6.13. The molecule has 7 heteroatoms. The van der Waals surface area contributed by atoms with Crippen LogP contribution in [0.1, 0.15) is 5.56 Å². The highest BCUT2D eigenvalue weighted by Gasteiger charge is 2.14. The van der Waals surface area contributed by atoms with Crippen LogP contribution in [-0.4, -0.2) is 19.5 Å². The van der Waals surface area contributed by atoms with E-state index in [9.17, 15) is 0 Å². The second kappa shape index (κ2) is 7.66. The predicted molar refractivity (Wildman–Crippen MR) is 106 cm³/mol. The van der Waals surface area contributed by atoms with Gasteiger partial charge in [-0.05, 0) is 30.2 Å². The Hall–Kier alpha value is -2.08. The average Bonchev–Trinajstić information content (AvgIpc) is 2.97. The van der Waals surface area contributed by atoms with Crippen LogP contribution in [0.15, 0.2) is 71.1 Å². The maximum Gasteiger partial charge on any atom is 0.175 e. The summed E-state index contributed by atoms with van der Waals surface area (Å²) in [5.41, 5.74) is 2.87. The standard InChI is InChI=1S/C19H14Cl2N4S/c20-14-8-15(21)10-16(9-14)26-19-24-17-11-22-12-23-18(17)25(19)7-6-13-4-2-1-3-5-13/h1-5,8-12H,6-7H2. The van der Waals surface area contributed by atoms with Crippen LogP contribution >= 0.6 is 35.0 Å². The first-order valence-electron chi connectivity index (χ1n) is 8.03. The molecule has 0 aliphatic rings. The van der Waals surface area contributed by atoms with Crippen molar-refractivity contribution in [3.63, 3.8) is 0 Å². The fourth-order valence-electron chi connectivity index (χ4n) is 2.71. The summed E-state index contributed by atoms with van der Waals surface area (Å²) in [6, 6.07) is 15.8. The zero-order chi connectivity index (χ0) is 17.9. The monoisotopic (exact) mass is 400 g/mol. The highest BCUT2D eigenvalue weighted by atomic mass is 35.5. The third-order valence-corrected chi connectivity index (χ3v) is 5.29. The average molecular weight is 401 g/mol. The molecule has 0 unspecified atom stereocenters. The maximum atomic E-state index is 6.13. The van der Waals surface area contributed by atoms with Crippen LogP contribution in [0.2, 0.25) is 10.0 Å². The molecule has 2 aromatic heterocycles. The van der Waals surface area contributed by atoms with Crippen LogP contribution in [0.25, 0.3) is 11.2 Å². The van der Waals surface area contributed by atoms with Gasteiger partial charge >= 0.3 is 0 Å². The Morgan fingerprint density at radius 3 is 2.54 bits per heavy atom. The number of imidazole rings is 1. The van der Waals surface area contributed by atoms with Gasteiger partial charge in [-0.2, -0.15) is 0 Å². The van der Waals surface area contributed by atoms with Crippen molar-refractivity contribution in [1.82, 2.24) is 19.5 Å². The molecule has 0 atom stereocenters. The fourth-order valence-corrected chi connectivity index (χ4v) is 4.38. The summed E-state index contributed by atoms with van der Waals surface area (Å²) in [5, 5.41) is 2.05. The molecule has 4 rings (SSSR count). The Morgan fingerprint density at radius 1 is 1.00 bits per heavy atom. The molecule has 0 spiro atoms. The van der Waals surface area contributed by atoms with Crippen molar-refractivity contribution in [2.24, 2.45) is 0 Å². The molecule has 4 aromatic rings. The van der Waals surface area contributed by atoms with Crippen molar-refractivity contribution < 1.29 is 0 Å². The lowest BCUT2D eigenvalue weighted by molar-refractivity contribution is 0.647. The van der Waals surface area contributed by atoms with E-state index in [0.29, 0.717) is 10.0 Å². The van der Waals surface area contributed by atoms with Gasteiger partial charge in [-0.25, -0.2) is 15.0 Å². The second-order valence-corrected chi connectivity index (χ2v) is 7.63. The number of halogens is 2. The minimum atomic E-state index is 0.603. The van der Waals surface area contributed by atoms with Crippen LogP contribution < -0.4 is 0 Å². The number of aromatic nitrogens is 4. The van der Waals surface area contributed by atoms with Crippen molar-refractivity contribution >= 4 is 46.1 Å². The van der Waals surface area contributed by atoms with E-state index < -0.39 is 0 Å². The Bertz CT molecular complexity index is 1030. The number of fused-ring (bicyclic) bond motifs is 1. The van der Waals surface area contributed by atoms with E-state index in [1.54, 1.807) is 18.6 Å². The van der Waals surface area contributed by atoms with Gasteiger partial charge in [-0.3, -0.25) is 0 Å². The van der Waals surface area contributed by atoms with Crippen LogP contribution in [-0.2, 0) is 13.0 Å². The Balaban J connectivity index is 1.69.